The van der Waals surface area contributed by atoms with Crippen molar-refractivity contribution in [1.82, 2.24) is 24.4 Å². The van der Waals surface area contributed by atoms with Crippen LogP contribution in [0.2, 0.25) is 0 Å². The Labute approximate surface area is 219 Å². The molecule has 1 aliphatic heterocycles. The lowest BCUT2D eigenvalue weighted by atomic mass is 9.72. The van der Waals surface area contributed by atoms with Gasteiger partial charge in [-0.2, -0.15) is 9.97 Å². The summed E-state index contributed by atoms with van der Waals surface area (Å²) in [7, 11) is 3.62. The predicted octanol–water partition coefficient (Wildman–Crippen LogP) is 0.372. The first-order chi connectivity index (χ1) is 18.2. The molecule has 0 spiro atoms. The number of carbonyl (C=O) groups is 1. The third-order valence-electron chi connectivity index (χ3n) is 6.88. The number of hydrogen-bond donors (Lipinski definition) is 4. The maximum atomic E-state index is 12.7. The molecule has 13 nitrogen and oxygen atoms in total. The van der Waals surface area contributed by atoms with E-state index >= 15 is 0 Å². The van der Waals surface area contributed by atoms with Crippen LogP contribution in [0.5, 0.6) is 6.01 Å². The van der Waals surface area contributed by atoms with Crippen LogP contribution < -0.4 is 21.9 Å². The summed E-state index contributed by atoms with van der Waals surface area (Å²) in [4.78, 5) is 36.8. The van der Waals surface area contributed by atoms with E-state index in [1.54, 1.807) is 7.11 Å². The van der Waals surface area contributed by atoms with Crippen molar-refractivity contribution in [3.63, 3.8) is 0 Å². The van der Waals surface area contributed by atoms with Crippen LogP contribution in [0.4, 0.5) is 5.82 Å². The Morgan fingerprint density at radius 1 is 1.21 bits per heavy atom. The van der Waals surface area contributed by atoms with Crippen molar-refractivity contribution in [3.8, 4) is 6.01 Å². The second-order valence-electron chi connectivity index (χ2n) is 9.65. The summed E-state index contributed by atoms with van der Waals surface area (Å²) in [6.07, 6.45) is 1.31. The molecule has 3 heterocycles. The quantitative estimate of drug-likeness (QED) is 0.212. The first-order valence-electron chi connectivity index (χ1n) is 12.5. The molecule has 1 unspecified atom stereocenters. The van der Waals surface area contributed by atoms with Crippen molar-refractivity contribution in [2.24, 2.45) is 11.7 Å². The minimum atomic E-state index is -0.987. The number of methoxy groups -OCH3 is 1. The van der Waals surface area contributed by atoms with E-state index < -0.39 is 11.5 Å². The zero-order valence-electron chi connectivity index (χ0n) is 21.7. The maximum Gasteiger partial charge on any atom is 0.329 e. The zero-order chi connectivity index (χ0) is 27.3. The van der Waals surface area contributed by atoms with Crippen LogP contribution in [0, 0.1) is 5.92 Å². The fourth-order valence-electron chi connectivity index (χ4n) is 4.80. The minimum Gasteiger partial charge on any atom is -0.480 e. The number of nitrogens with zero attached hydrogens (tertiary/aromatic N) is 4. The number of anilines is 1. The number of fused-ring (bicyclic) bond motifs is 1. The van der Waals surface area contributed by atoms with Gasteiger partial charge in [0, 0.05) is 38.3 Å². The number of nitrogen functional groups attached to an aromatic ring is 1. The van der Waals surface area contributed by atoms with Gasteiger partial charge in [0.1, 0.15) is 18.7 Å². The van der Waals surface area contributed by atoms with Gasteiger partial charge in [-0.05, 0) is 31.0 Å². The molecule has 38 heavy (non-hydrogen) atoms. The Bertz CT molecular complexity index is 1300. The standard InChI is InChI=1S/C25H35N7O6/c1-31-13-18(14-31)25(27,8-3-9-37-15-19(33)34)17-6-4-16(5-7-17)12-32-22-20(28-24(32)35)21(26)29-23(30-22)38-11-10-36-2/h4-7,18H,3,8-15,27H2,1-2H3,(H,28,35)(H,33,34)(H2,26,29,30). The molecule has 6 N–H and O–H groups in total. The molecule has 4 rings (SSSR count). The van der Waals surface area contributed by atoms with Crippen molar-refractivity contribution in [2.75, 3.05) is 59.4 Å². The summed E-state index contributed by atoms with van der Waals surface area (Å²) in [6, 6.07) is 7.96. The van der Waals surface area contributed by atoms with E-state index in [0.717, 1.165) is 24.2 Å². The van der Waals surface area contributed by atoms with Crippen molar-refractivity contribution < 1.29 is 24.1 Å². The number of ether oxygens (including phenoxy) is 3. The van der Waals surface area contributed by atoms with E-state index in [1.165, 1.54) is 4.57 Å². The van der Waals surface area contributed by atoms with E-state index in [0.29, 0.717) is 37.2 Å². The highest BCUT2D eigenvalue weighted by Gasteiger charge is 2.42. The predicted molar refractivity (Wildman–Crippen MR) is 140 cm³/mol. The third kappa shape index (κ3) is 6.13. The molecule has 0 amide bonds. The van der Waals surface area contributed by atoms with Gasteiger partial charge in [-0.3, -0.25) is 4.57 Å². The van der Waals surface area contributed by atoms with Gasteiger partial charge in [-0.25, -0.2) is 9.59 Å². The van der Waals surface area contributed by atoms with Crippen LogP contribution in [0.3, 0.4) is 0 Å². The molecule has 0 radical (unpaired) electrons. The topological polar surface area (TPSA) is 184 Å². The molecule has 0 aliphatic carbocycles. The summed E-state index contributed by atoms with van der Waals surface area (Å²) < 4.78 is 17.2. The van der Waals surface area contributed by atoms with Crippen LogP contribution >= 0.6 is 0 Å². The Balaban J connectivity index is 1.52. The van der Waals surface area contributed by atoms with Gasteiger partial charge in [0.25, 0.3) is 0 Å². The van der Waals surface area contributed by atoms with Crippen LogP contribution in [0.15, 0.2) is 29.1 Å². The van der Waals surface area contributed by atoms with E-state index in [2.05, 4.69) is 26.9 Å². The Kier molecular flexibility index (Phi) is 8.62. The Morgan fingerprint density at radius 3 is 2.61 bits per heavy atom. The van der Waals surface area contributed by atoms with Crippen molar-refractivity contribution in [1.29, 1.82) is 0 Å². The molecule has 0 bridgehead atoms. The van der Waals surface area contributed by atoms with Crippen molar-refractivity contribution in [2.45, 2.75) is 24.9 Å². The molecular formula is C25H35N7O6. The Morgan fingerprint density at radius 2 is 1.95 bits per heavy atom. The number of benzene rings is 1. The average molecular weight is 530 g/mol. The molecule has 206 valence electrons. The number of aromatic nitrogens is 4. The van der Waals surface area contributed by atoms with E-state index in [4.69, 9.17) is 30.8 Å². The summed E-state index contributed by atoms with van der Waals surface area (Å²) in [5, 5.41) is 8.78. The number of H-pyrrole nitrogens is 1. The van der Waals surface area contributed by atoms with E-state index in [-0.39, 0.29) is 43.2 Å². The van der Waals surface area contributed by atoms with Crippen LogP contribution in [-0.2, 0) is 26.4 Å². The molecule has 2 aromatic heterocycles. The number of nitrogens with one attached hydrogen (secondary N) is 1. The Hall–Kier alpha value is -3.52. The fourth-order valence-corrected chi connectivity index (χ4v) is 4.80. The number of likely N-dealkylation sites (tertiary alicyclic amines) is 1. The molecule has 1 aromatic carbocycles. The third-order valence-corrected chi connectivity index (χ3v) is 6.88. The molecule has 1 atom stereocenters. The molecular weight excluding hydrogens is 494 g/mol. The fraction of sp³-hybridized carbons (Fsp3) is 0.520. The molecule has 3 aromatic rings. The number of carboxylic acids is 1. The number of hydrogen-bond acceptors (Lipinski definition) is 10. The van der Waals surface area contributed by atoms with E-state index in [1.807, 2.05) is 24.3 Å². The second-order valence-corrected chi connectivity index (χ2v) is 9.65. The van der Waals surface area contributed by atoms with E-state index in [9.17, 15) is 9.59 Å². The number of nitrogens with two attached hydrogens (primary N) is 2. The number of aromatic amines is 1. The molecule has 0 saturated carbocycles. The molecule has 1 fully saturated rings. The van der Waals surface area contributed by atoms with Gasteiger partial charge in [-0.1, -0.05) is 24.3 Å². The highest BCUT2D eigenvalue weighted by molar-refractivity contribution is 5.81. The highest BCUT2D eigenvalue weighted by atomic mass is 16.5. The smallest absolute Gasteiger partial charge is 0.329 e. The van der Waals surface area contributed by atoms with Gasteiger partial charge in [-0.15, -0.1) is 0 Å². The summed E-state index contributed by atoms with van der Waals surface area (Å²) in [6.45, 7) is 2.66. The number of aliphatic carboxylic acids is 1. The van der Waals surface area contributed by atoms with Crippen molar-refractivity contribution in [3.05, 3.63) is 45.9 Å². The first kappa shape index (κ1) is 27.5. The summed E-state index contributed by atoms with van der Waals surface area (Å²) in [5.41, 5.74) is 14.7. The van der Waals surface area contributed by atoms with Crippen LogP contribution in [0.1, 0.15) is 24.0 Å². The van der Waals surface area contributed by atoms with Gasteiger partial charge < -0.3 is 40.7 Å². The number of carboxylic acid groups (broad SMARTS) is 1. The molecule has 1 saturated heterocycles. The lowest BCUT2D eigenvalue weighted by Gasteiger charge is -2.48. The molecule has 13 heteroatoms. The zero-order valence-corrected chi connectivity index (χ0v) is 21.7. The lowest BCUT2D eigenvalue weighted by Crippen LogP contribution is -2.59. The minimum absolute atomic E-state index is 0.0702. The highest BCUT2D eigenvalue weighted by Crippen LogP contribution is 2.37. The summed E-state index contributed by atoms with van der Waals surface area (Å²) in [5.74, 6) is -0.594. The SMILES string of the molecule is COCCOc1nc(N)c2[nH]c(=O)n(Cc3ccc(C(N)(CCCOCC(=O)O)C4CN(C)C4)cc3)c2n1. The summed E-state index contributed by atoms with van der Waals surface area (Å²) >= 11 is 0. The van der Waals surface area contributed by atoms with Crippen LogP contribution in [0.25, 0.3) is 11.2 Å². The van der Waals surface area contributed by atoms with Gasteiger partial charge in [0.2, 0.25) is 0 Å². The normalized spacial score (nSPS) is 15.9. The lowest BCUT2D eigenvalue weighted by molar-refractivity contribution is -0.142. The molecule has 1 aliphatic rings. The largest absolute Gasteiger partial charge is 0.480 e. The number of imidazole rings is 1. The van der Waals surface area contributed by atoms with Gasteiger partial charge >= 0.3 is 17.7 Å². The first-order valence-corrected chi connectivity index (χ1v) is 12.5. The van der Waals surface area contributed by atoms with Crippen molar-refractivity contribution >= 4 is 23.0 Å². The van der Waals surface area contributed by atoms with Gasteiger partial charge in [0.05, 0.1) is 13.2 Å². The van der Waals surface area contributed by atoms with Crippen LogP contribution in [-0.4, -0.2) is 89.2 Å². The monoisotopic (exact) mass is 529 g/mol. The maximum absolute atomic E-state index is 12.7. The van der Waals surface area contributed by atoms with Gasteiger partial charge in [0.15, 0.2) is 11.5 Å². The average Bonchev–Trinajstić information content (AvgIpc) is 3.17. The number of rotatable bonds is 14. The second kappa shape index (κ2) is 11.9.